The number of hydrogen-bond donors (Lipinski definition) is 2. The van der Waals surface area contributed by atoms with Crippen molar-refractivity contribution in [2.24, 2.45) is 0 Å². The van der Waals surface area contributed by atoms with E-state index < -0.39 is 5.97 Å². The number of carboxylic acids is 1. The van der Waals surface area contributed by atoms with E-state index in [1.54, 1.807) is 18.3 Å². The Balaban J connectivity index is 2.55. The van der Waals surface area contributed by atoms with Crippen LogP contribution in [0.25, 0.3) is 10.9 Å². The van der Waals surface area contributed by atoms with Crippen molar-refractivity contribution in [1.82, 2.24) is 4.98 Å². The molecule has 2 aromatic rings. The van der Waals surface area contributed by atoms with Gasteiger partial charge in [-0.3, -0.25) is 9.78 Å². The molecule has 1 heterocycles. The van der Waals surface area contributed by atoms with Gasteiger partial charge in [0.2, 0.25) is 0 Å². The lowest BCUT2D eigenvalue weighted by atomic mass is 10.0. The molecule has 0 spiro atoms. The molecule has 0 amide bonds. The largest absolute Gasteiger partial charge is 0.505 e. The number of benzene rings is 1. The van der Waals surface area contributed by atoms with Gasteiger partial charge < -0.3 is 10.2 Å². The Bertz CT molecular complexity index is 583. The van der Waals surface area contributed by atoms with Gasteiger partial charge in [-0.1, -0.05) is 6.07 Å². The third-order valence-corrected chi connectivity index (χ3v) is 3.12. The van der Waals surface area contributed by atoms with Crippen LogP contribution in [0.15, 0.2) is 28.9 Å². The Morgan fingerprint density at radius 1 is 1.47 bits per heavy atom. The fourth-order valence-corrected chi connectivity index (χ4v) is 2.18. The summed E-state index contributed by atoms with van der Waals surface area (Å²) in [6.07, 6.45) is 2.06. The molecule has 1 aromatic carbocycles. The van der Waals surface area contributed by atoms with Crippen LogP contribution in [-0.4, -0.2) is 21.2 Å². The molecule has 0 bridgehead atoms. The topological polar surface area (TPSA) is 70.4 Å². The molecule has 0 aliphatic heterocycles. The van der Waals surface area contributed by atoms with Crippen molar-refractivity contribution in [2.45, 2.75) is 12.8 Å². The minimum Gasteiger partial charge on any atom is -0.505 e. The molecule has 2 N–H and O–H groups in total. The number of rotatable bonds is 3. The third-order valence-electron chi connectivity index (χ3n) is 2.51. The average Bonchev–Trinajstić information content (AvgIpc) is 2.32. The molecule has 0 atom stereocenters. The van der Waals surface area contributed by atoms with E-state index in [1.807, 2.05) is 6.07 Å². The van der Waals surface area contributed by atoms with E-state index in [-0.39, 0.29) is 12.2 Å². The Kier molecular flexibility index (Phi) is 3.28. The van der Waals surface area contributed by atoms with Gasteiger partial charge >= 0.3 is 5.97 Å². The number of phenols is 1. The monoisotopic (exact) mass is 295 g/mol. The fourth-order valence-electron chi connectivity index (χ4n) is 1.71. The quantitative estimate of drug-likeness (QED) is 0.913. The molecular weight excluding hydrogens is 286 g/mol. The summed E-state index contributed by atoms with van der Waals surface area (Å²) in [5.41, 5.74) is 1.35. The lowest BCUT2D eigenvalue weighted by Gasteiger charge is -2.08. The molecule has 0 unspecified atom stereocenters. The van der Waals surface area contributed by atoms with Crippen LogP contribution in [0.2, 0.25) is 0 Å². The van der Waals surface area contributed by atoms with Gasteiger partial charge in [0.05, 0.1) is 4.47 Å². The smallest absolute Gasteiger partial charge is 0.303 e. The average molecular weight is 296 g/mol. The number of carboxylic acid groups (broad SMARTS) is 1. The highest BCUT2D eigenvalue weighted by Gasteiger charge is 2.11. The summed E-state index contributed by atoms with van der Waals surface area (Å²) in [4.78, 5) is 14.7. The van der Waals surface area contributed by atoms with E-state index in [4.69, 9.17) is 5.11 Å². The SMILES string of the molecule is O=C(O)CCc1cc(Br)c(O)c2ncccc12. The molecule has 88 valence electrons. The first-order chi connectivity index (χ1) is 8.09. The summed E-state index contributed by atoms with van der Waals surface area (Å²) < 4.78 is 0.532. The van der Waals surface area contributed by atoms with Crippen molar-refractivity contribution in [3.05, 3.63) is 34.4 Å². The lowest BCUT2D eigenvalue weighted by Crippen LogP contribution is -1.98. The molecule has 0 fully saturated rings. The highest BCUT2D eigenvalue weighted by Crippen LogP contribution is 2.34. The van der Waals surface area contributed by atoms with Gasteiger partial charge in [-0.2, -0.15) is 0 Å². The van der Waals surface area contributed by atoms with Crippen molar-refractivity contribution in [2.75, 3.05) is 0 Å². The maximum absolute atomic E-state index is 10.6. The molecule has 0 saturated carbocycles. The Hall–Kier alpha value is -1.62. The first-order valence-electron chi connectivity index (χ1n) is 5.06. The van der Waals surface area contributed by atoms with E-state index >= 15 is 0 Å². The zero-order valence-corrected chi connectivity index (χ0v) is 10.4. The minimum atomic E-state index is -0.841. The number of aliphatic carboxylic acids is 1. The van der Waals surface area contributed by atoms with E-state index in [0.717, 1.165) is 10.9 Å². The molecule has 5 heteroatoms. The molecule has 1 aromatic heterocycles. The molecule has 0 aliphatic carbocycles. The second-order valence-electron chi connectivity index (χ2n) is 3.66. The predicted molar refractivity (Wildman–Crippen MR) is 67.1 cm³/mol. The number of aryl methyl sites for hydroxylation is 1. The van der Waals surface area contributed by atoms with Crippen molar-refractivity contribution in [1.29, 1.82) is 0 Å². The summed E-state index contributed by atoms with van der Waals surface area (Å²) >= 11 is 3.24. The number of fused-ring (bicyclic) bond motifs is 1. The number of carbonyl (C=O) groups is 1. The highest BCUT2D eigenvalue weighted by molar-refractivity contribution is 9.10. The molecule has 17 heavy (non-hydrogen) atoms. The van der Waals surface area contributed by atoms with Crippen LogP contribution >= 0.6 is 15.9 Å². The van der Waals surface area contributed by atoms with Gasteiger partial charge in [-0.05, 0) is 40.0 Å². The molecular formula is C12H10BrNO3. The van der Waals surface area contributed by atoms with Crippen molar-refractivity contribution in [3.63, 3.8) is 0 Å². The molecule has 0 saturated heterocycles. The molecule has 4 nitrogen and oxygen atoms in total. The van der Waals surface area contributed by atoms with Gasteiger partial charge in [-0.25, -0.2) is 0 Å². The summed E-state index contributed by atoms with van der Waals surface area (Å²) in [5.74, 6) is -0.758. The van der Waals surface area contributed by atoms with Gasteiger partial charge in [-0.15, -0.1) is 0 Å². The number of hydrogen-bond acceptors (Lipinski definition) is 3. The second-order valence-corrected chi connectivity index (χ2v) is 4.51. The third kappa shape index (κ3) is 2.39. The Morgan fingerprint density at radius 3 is 2.94 bits per heavy atom. The normalized spacial score (nSPS) is 10.6. The van der Waals surface area contributed by atoms with E-state index in [2.05, 4.69) is 20.9 Å². The van der Waals surface area contributed by atoms with Crippen LogP contribution in [0.3, 0.4) is 0 Å². The zero-order valence-electron chi connectivity index (χ0n) is 8.85. The molecule has 0 aliphatic rings. The van der Waals surface area contributed by atoms with Gasteiger partial charge in [0, 0.05) is 18.0 Å². The first-order valence-corrected chi connectivity index (χ1v) is 5.85. The van der Waals surface area contributed by atoms with Gasteiger partial charge in [0.25, 0.3) is 0 Å². The van der Waals surface area contributed by atoms with Crippen LogP contribution in [0.5, 0.6) is 5.75 Å². The van der Waals surface area contributed by atoms with Crippen LogP contribution in [0, 0.1) is 0 Å². The fraction of sp³-hybridized carbons (Fsp3) is 0.167. The highest BCUT2D eigenvalue weighted by atomic mass is 79.9. The van der Waals surface area contributed by atoms with Crippen LogP contribution < -0.4 is 0 Å². The number of phenolic OH excluding ortho intramolecular Hbond substituents is 1. The van der Waals surface area contributed by atoms with Crippen molar-refractivity contribution >= 4 is 32.8 Å². The minimum absolute atomic E-state index is 0.0568. The summed E-state index contributed by atoms with van der Waals surface area (Å²) in [7, 11) is 0. The van der Waals surface area contributed by atoms with Crippen LogP contribution in [-0.2, 0) is 11.2 Å². The maximum Gasteiger partial charge on any atom is 0.303 e. The van der Waals surface area contributed by atoms with Crippen LogP contribution in [0.1, 0.15) is 12.0 Å². The molecule has 2 rings (SSSR count). The number of aromatic hydroxyl groups is 1. The first kappa shape index (κ1) is 11.9. The number of halogens is 1. The van der Waals surface area contributed by atoms with Gasteiger partial charge in [0.15, 0.2) is 5.75 Å². The van der Waals surface area contributed by atoms with E-state index in [0.29, 0.717) is 16.4 Å². The van der Waals surface area contributed by atoms with E-state index in [9.17, 15) is 9.90 Å². The van der Waals surface area contributed by atoms with E-state index in [1.165, 1.54) is 0 Å². The van der Waals surface area contributed by atoms with Crippen molar-refractivity contribution < 1.29 is 15.0 Å². The van der Waals surface area contributed by atoms with Crippen LogP contribution in [0.4, 0.5) is 0 Å². The standard InChI is InChI=1S/C12H10BrNO3/c13-9-6-7(3-4-10(15)16)8-2-1-5-14-11(8)12(9)17/h1-2,5-6,17H,3-4H2,(H,15,16). The zero-order chi connectivity index (χ0) is 12.4. The van der Waals surface area contributed by atoms with Gasteiger partial charge in [0.1, 0.15) is 5.52 Å². The maximum atomic E-state index is 10.6. The Labute approximate surface area is 106 Å². The summed E-state index contributed by atoms with van der Waals surface area (Å²) in [5, 5.41) is 19.3. The number of aromatic nitrogens is 1. The Morgan fingerprint density at radius 2 is 2.24 bits per heavy atom. The second kappa shape index (κ2) is 4.71. The molecule has 0 radical (unpaired) electrons. The number of nitrogens with zero attached hydrogens (tertiary/aromatic N) is 1. The lowest BCUT2D eigenvalue weighted by molar-refractivity contribution is -0.136. The number of pyridine rings is 1. The van der Waals surface area contributed by atoms with Crippen molar-refractivity contribution in [3.8, 4) is 5.75 Å². The summed E-state index contributed by atoms with van der Waals surface area (Å²) in [6.45, 7) is 0. The summed E-state index contributed by atoms with van der Waals surface area (Å²) in [6, 6.07) is 5.33. The predicted octanol–water partition coefficient (Wildman–Crippen LogP) is 2.72.